The summed E-state index contributed by atoms with van der Waals surface area (Å²) in [6.07, 6.45) is 2.47. The van der Waals surface area contributed by atoms with Gasteiger partial charge in [-0.25, -0.2) is 0 Å². The van der Waals surface area contributed by atoms with Crippen molar-refractivity contribution in [1.29, 1.82) is 0 Å². The van der Waals surface area contributed by atoms with E-state index in [0.717, 1.165) is 31.3 Å². The van der Waals surface area contributed by atoms with Crippen LogP contribution in [0.3, 0.4) is 0 Å². The smallest absolute Gasteiger partial charge is 0.223 e. The van der Waals surface area contributed by atoms with Crippen LogP contribution < -0.4 is 0 Å². The highest BCUT2D eigenvalue weighted by Crippen LogP contribution is 2.19. The highest BCUT2D eigenvalue weighted by Gasteiger charge is 2.24. The van der Waals surface area contributed by atoms with Crippen LogP contribution in [0.15, 0.2) is 0 Å². The fourth-order valence-corrected chi connectivity index (χ4v) is 2.06. The monoisotopic (exact) mass is 249 g/mol. The van der Waals surface area contributed by atoms with Crippen LogP contribution in [0.5, 0.6) is 0 Å². The van der Waals surface area contributed by atoms with Gasteiger partial charge >= 0.3 is 0 Å². The van der Waals surface area contributed by atoms with Crippen LogP contribution in [0.4, 0.5) is 0 Å². The quantitative estimate of drug-likeness (QED) is 0.756. The fourth-order valence-electron chi connectivity index (χ4n) is 1.72. The summed E-state index contributed by atoms with van der Waals surface area (Å²) >= 11 is 3.26. The third-order valence-electron chi connectivity index (χ3n) is 2.48. The first-order chi connectivity index (χ1) is 6.27. The van der Waals surface area contributed by atoms with Gasteiger partial charge in [0.1, 0.15) is 0 Å². The Labute approximate surface area is 87.2 Å². The van der Waals surface area contributed by atoms with E-state index >= 15 is 0 Å². The number of carbonyl (C=O) groups is 1. The lowest BCUT2D eigenvalue weighted by atomic mass is 10.1. The van der Waals surface area contributed by atoms with Gasteiger partial charge in [0.05, 0.1) is 0 Å². The van der Waals surface area contributed by atoms with Gasteiger partial charge in [-0.05, 0) is 18.8 Å². The maximum Gasteiger partial charge on any atom is 0.223 e. The number of hydrogen-bond donors (Lipinski definition) is 1. The molecule has 76 valence electrons. The fraction of sp³-hybridized carbons (Fsp3) is 0.889. The molecule has 0 aromatic carbocycles. The lowest BCUT2D eigenvalue weighted by molar-refractivity contribution is -0.129. The van der Waals surface area contributed by atoms with Gasteiger partial charge in [-0.1, -0.05) is 15.9 Å². The third-order valence-corrected chi connectivity index (χ3v) is 2.88. The Balaban J connectivity index is 2.27. The lowest BCUT2D eigenvalue weighted by Gasteiger charge is -2.15. The molecule has 1 amide bonds. The number of aliphatic hydroxyl groups is 1. The second-order valence-corrected chi connectivity index (χ2v) is 4.24. The topological polar surface area (TPSA) is 40.5 Å². The summed E-state index contributed by atoms with van der Waals surface area (Å²) in [6.45, 7) is 1.95. The van der Waals surface area contributed by atoms with Crippen molar-refractivity contribution in [3.63, 3.8) is 0 Å². The lowest BCUT2D eigenvalue weighted by Crippen LogP contribution is -2.28. The number of nitrogens with zero attached hydrogens (tertiary/aromatic N) is 1. The van der Waals surface area contributed by atoms with Gasteiger partial charge in [-0.15, -0.1) is 0 Å². The van der Waals surface area contributed by atoms with Crippen molar-refractivity contribution in [2.45, 2.75) is 19.3 Å². The van der Waals surface area contributed by atoms with Crippen LogP contribution in [-0.2, 0) is 4.79 Å². The van der Waals surface area contributed by atoms with Crippen LogP contribution in [0, 0.1) is 5.92 Å². The van der Waals surface area contributed by atoms with Crippen LogP contribution in [0.25, 0.3) is 0 Å². The van der Waals surface area contributed by atoms with Gasteiger partial charge in [0, 0.05) is 31.4 Å². The predicted molar refractivity (Wildman–Crippen MR) is 54.8 cm³/mol. The highest BCUT2D eigenvalue weighted by atomic mass is 79.9. The van der Waals surface area contributed by atoms with Crippen LogP contribution in [-0.4, -0.2) is 40.9 Å². The van der Waals surface area contributed by atoms with Gasteiger partial charge in [0.2, 0.25) is 5.91 Å². The second-order valence-electron chi connectivity index (χ2n) is 3.45. The average molecular weight is 250 g/mol. The molecule has 1 rings (SSSR count). The summed E-state index contributed by atoms with van der Waals surface area (Å²) in [6, 6.07) is 0. The highest BCUT2D eigenvalue weighted by molar-refractivity contribution is 9.09. The summed E-state index contributed by atoms with van der Waals surface area (Å²) in [7, 11) is 0. The molecule has 1 saturated heterocycles. The molecule has 1 unspecified atom stereocenters. The van der Waals surface area contributed by atoms with Gasteiger partial charge in [-0.2, -0.15) is 0 Å². The first-order valence-electron chi connectivity index (χ1n) is 4.72. The normalized spacial score (nSPS) is 22.3. The Kier molecular flexibility index (Phi) is 4.73. The first kappa shape index (κ1) is 11.0. The third kappa shape index (κ3) is 3.27. The van der Waals surface area contributed by atoms with E-state index in [4.69, 9.17) is 5.11 Å². The van der Waals surface area contributed by atoms with E-state index in [-0.39, 0.29) is 12.5 Å². The van der Waals surface area contributed by atoms with Crippen LogP contribution in [0.1, 0.15) is 19.3 Å². The molecule has 0 aromatic heterocycles. The molecule has 1 heterocycles. The molecule has 0 aliphatic carbocycles. The summed E-state index contributed by atoms with van der Waals surface area (Å²) in [5.41, 5.74) is 0. The van der Waals surface area contributed by atoms with Crippen molar-refractivity contribution in [2.24, 2.45) is 5.92 Å². The molecule has 1 aliphatic heterocycles. The van der Waals surface area contributed by atoms with E-state index in [1.807, 2.05) is 4.90 Å². The largest absolute Gasteiger partial charge is 0.396 e. The Morgan fingerprint density at radius 1 is 1.62 bits per heavy atom. The Morgan fingerprint density at radius 3 is 3.00 bits per heavy atom. The van der Waals surface area contributed by atoms with Gasteiger partial charge in [0.25, 0.3) is 0 Å². The number of carbonyl (C=O) groups excluding carboxylic acids is 1. The van der Waals surface area contributed by atoms with Crippen molar-refractivity contribution in [1.82, 2.24) is 4.90 Å². The van der Waals surface area contributed by atoms with Crippen molar-refractivity contribution >= 4 is 21.8 Å². The minimum atomic E-state index is 0.234. The van der Waals surface area contributed by atoms with E-state index in [2.05, 4.69) is 15.9 Å². The molecule has 3 nitrogen and oxygen atoms in total. The van der Waals surface area contributed by atoms with Crippen LogP contribution >= 0.6 is 15.9 Å². The average Bonchev–Trinajstić information content (AvgIpc) is 2.54. The molecular weight excluding hydrogens is 234 g/mol. The Hall–Kier alpha value is -0.0900. The summed E-state index contributed by atoms with van der Waals surface area (Å²) < 4.78 is 0. The molecule has 1 fully saturated rings. The number of aliphatic hydroxyl groups excluding tert-OH is 1. The van der Waals surface area contributed by atoms with Crippen molar-refractivity contribution < 1.29 is 9.90 Å². The van der Waals surface area contributed by atoms with Gasteiger partial charge in [0.15, 0.2) is 0 Å². The standard InChI is InChI=1S/C9H16BrNO2/c10-4-1-9(13)11-5-2-8(7-11)3-6-12/h8,12H,1-7H2. The van der Waals surface area contributed by atoms with E-state index in [1.54, 1.807) is 0 Å². The number of likely N-dealkylation sites (tertiary alicyclic amines) is 1. The molecule has 0 aromatic rings. The van der Waals surface area contributed by atoms with E-state index < -0.39 is 0 Å². The van der Waals surface area contributed by atoms with Crippen LogP contribution in [0.2, 0.25) is 0 Å². The van der Waals surface area contributed by atoms with Gasteiger partial charge < -0.3 is 10.0 Å². The number of hydrogen-bond acceptors (Lipinski definition) is 2. The Morgan fingerprint density at radius 2 is 2.38 bits per heavy atom. The molecule has 4 heteroatoms. The molecule has 0 radical (unpaired) electrons. The number of rotatable bonds is 4. The van der Waals surface area contributed by atoms with Crippen molar-refractivity contribution in [3.8, 4) is 0 Å². The predicted octanol–water partition coefficient (Wildman–Crippen LogP) is 1.00. The number of amides is 1. The molecule has 1 atom stereocenters. The van der Waals surface area contributed by atoms with E-state index in [0.29, 0.717) is 12.3 Å². The van der Waals surface area contributed by atoms with E-state index in [9.17, 15) is 4.79 Å². The second kappa shape index (κ2) is 5.60. The molecule has 0 bridgehead atoms. The number of halogens is 1. The first-order valence-corrected chi connectivity index (χ1v) is 5.84. The summed E-state index contributed by atoms with van der Waals surface area (Å²) in [5.74, 6) is 0.751. The molecular formula is C9H16BrNO2. The summed E-state index contributed by atoms with van der Waals surface area (Å²) in [4.78, 5) is 13.3. The van der Waals surface area contributed by atoms with Gasteiger partial charge in [-0.3, -0.25) is 4.79 Å². The molecule has 1 N–H and O–H groups in total. The zero-order valence-electron chi connectivity index (χ0n) is 7.71. The summed E-state index contributed by atoms with van der Waals surface area (Å²) in [5, 5.41) is 9.49. The minimum absolute atomic E-state index is 0.234. The van der Waals surface area contributed by atoms with Crippen molar-refractivity contribution in [3.05, 3.63) is 0 Å². The zero-order chi connectivity index (χ0) is 9.68. The zero-order valence-corrected chi connectivity index (χ0v) is 9.29. The SMILES string of the molecule is O=C(CCBr)N1CCC(CCO)C1. The molecule has 13 heavy (non-hydrogen) atoms. The maximum absolute atomic E-state index is 11.4. The number of alkyl halides is 1. The molecule has 0 saturated carbocycles. The maximum atomic E-state index is 11.4. The minimum Gasteiger partial charge on any atom is -0.396 e. The van der Waals surface area contributed by atoms with Crippen molar-refractivity contribution in [2.75, 3.05) is 25.0 Å². The molecule has 0 spiro atoms. The van der Waals surface area contributed by atoms with E-state index in [1.165, 1.54) is 0 Å². The Bertz CT molecular complexity index is 175. The molecule has 1 aliphatic rings.